The molecule has 0 amide bonds. The van der Waals surface area contributed by atoms with Crippen LogP contribution in [0.15, 0.2) is 30.5 Å². The molecule has 0 radical (unpaired) electrons. The average Bonchev–Trinajstić information content (AvgIpc) is 3.20. The number of benzene rings is 1. The molecular formula is C24H28F3N4O2P. The smallest absolute Gasteiger partial charge is 0.303 e. The number of nitrogens with one attached hydrogen (secondary N) is 1. The topological polar surface area (TPSA) is 88.0 Å². The second kappa shape index (κ2) is 8.61. The van der Waals surface area contributed by atoms with Crippen LogP contribution in [0.3, 0.4) is 0 Å². The molecule has 1 aliphatic rings. The third-order valence-corrected chi connectivity index (χ3v) is 9.63. The molecule has 1 saturated heterocycles. The van der Waals surface area contributed by atoms with Gasteiger partial charge in [0, 0.05) is 29.4 Å². The first-order chi connectivity index (χ1) is 15.8. The largest absolute Gasteiger partial charge is 0.384 e. The zero-order chi connectivity index (χ0) is 24.9. The number of nitrogens with zero attached hydrogens (tertiary/aromatic N) is 3. The number of rotatable bonds is 6. The standard InChI is InChI=1S/C24H28F3N4O2P/c1-14(17-8-7-9-19(20(17)25)24(26,27)23(3,4)32)29-22-18-12-16(34(33)10-5-6-11-34)13-28-21(18)30-15(2)31-22/h7-9,12-14,32H,5-6,10-11H2,1-4H3,(H,28,29,30,31)/t14-/m1/s1. The van der Waals surface area contributed by atoms with E-state index in [0.29, 0.717) is 40.3 Å². The van der Waals surface area contributed by atoms with Crippen LogP contribution in [0.25, 0.3) is 11.0 Å². The molecule has 0 unspecified atom stereocenters. The molecule has 0 aliphatic carbocycles. The summed E-state index contributed by atoms with van der Waals surface area (Å²) in [6.07, 6.45) is 4.70. The highest BCUT2D eigenvalue weighted by atomic mass is 31.2. The number of hydrogen-bond donors (Lipinski definition) is 2. The Kier molecular flexibility index (Phi) is 6.23. The van der Waals surface area contributed by atoms with Gasteiger partial charge in [-0.15, -0.1) is 0 Å². The van der Waals surface area contributed by atoms with Gasteiger partial charge in [-0.1, -0.05) is 12.1 Å². The lowest BCUT2D eigenvalue weighted by molar-refractivity contribution is -0.170. The number of aryl methyl sites for hydroxylation is 1. The number of fused-ring (bicyclic) bond motifs is 1. The zero-order valence-corrected chi connectivity index (χ0v) is 20.5. The molecule has 0 bridgehead atoms. The van der Waals surface area contributed by atoms with Crippen molar-refractivity contribution in [1.29, 1.82) is 0 Å². The van der Waals surface area contributed by atoms with Crippen molar-refractivity contribution >= 4 is 29.3 Å². The molecule has 34 heavy (non-hydrogen) atoms. The summed E-state index contributed by atoms with van der Waals surface area (Å²) in [5.74, 6) is -4.11. The molecule has 1 fully saturated rings. The minimum absolute atomic E-state index is 0.00135. The molecule has 0 spiro atoms. The third kappa shape index (κ3) is 4.31. The molecule has 4 rings (SSSR count). The van der Waals surface area contributed by atoms with Crippen molar-refractivity contribution in [2.24, 2.45) is 0 Å². The van der Waals surface area contributed by atoms with Crippen LogP contribution in [0.2, 0.25) is 0 Å². The van der Waals surface area contributed by atoms with Crippen molar-refractivity contribution in [3.05, 3.63) is 53.2 Å². The fourth-order valence-electron chi connectivity index (χ4n) is 4.29. The molecule has 2 aromatic heterocycles. The summed E-state index contributed by atoms with van der Waals surface area (Å²) in [4.78, 5) is 13.2. The monoisotopic (exact) mass is 492 g/mol. The van der Waals surface area contributed by atoms with Crippen LogP contribution in [-0.2, 0) is 10.5 Å². The number of aromatic nitrogens is 3. The molecule has 1 aromatic carbocycles. The SMILES string of the molecule is Cc1nc(N[C@H](C)c2cccc(C(F)(F)C(C)(C)O)c2F)c2cc(P3(=O)CCCC3)cnc2n1. The van der Waals surface area contributed by atoms with Crippen molar-refractivity contribution in [2.45, 2.75) is 58.1 Å². The minimum Gasteiger partial charge on any atom is -0.384 e. The Morgan fingerprint density at radius 2 is 1.85 bits per heavy atom. The van der Waals surface area contributed by atoms with Crippen molar-refractivity contribution < 1.29 is 22.8 Å². The van der Waals surface area contributed by atoms with E-state index in [-0.39, 0.29) is 5.56 Å². The van der Waals surface area contributed by atoms with Crippen LogP contribution in [0.4, 0.5) is 19.0 Å². The van der Waals surface area contributed by atoms with Crippen LogP contribution >= 0.6 is 7.14 Å². The van der Waals surface area contributed by atoms with Crippen molar-refractivity contribution in [2.75, 3.05) is 17.6 Å². The lowest BCUT2D eigenvalue weighted by atomic mass is 9.91. The Morgan fingerprint density at radius 1 is 1.18 bits per heavy atom. The number of anilines is 1. The lowest BCUT2D eigenvalue weighted by Gasteiger charge is -2.30. The van der Waals surface area contributed by atoms with E-state index in [4.69, 9.17) is 0 Å². The second-order valence-electron chi connectivity index (χ2n) is 9.44. The van der Waals surface area contributed by atoms with Crippen LogP contribution in [0.1, 0.15) is 56.6 Å². The van der Waals surface area contributed by atoms with Crippen molar-refractivity contribution in [3.8, 4) is 0 Å². The first kappa shape index (κ1) is 24.6. The number of pyridine rings is 1. The molecule has 1 aliphatic heterocycles. The highest BCUT2D eigenvalue weighted by molar-refractivity contribution is 7.71. The number of alkyl halides is 2. The summed E-state index contributed by atoms with van der Waals surface area (Å²) in [7, 11) is -2.51. The minimum atomic E-state index is -3.79. The van der Waals surface area contributed by atoms with Gasteiger partial charge in [-0.25, -0.2) is 19.3 Å². The average molecular weight is 492 g/mol. The molecular weight excluding hydrogens is 464 g/mol. The number of hydrogen-bond acceptors (Lipinski definition) is 6. The van der Waals surface area contributed by atoms with E-state index in [1.165, 1.54) is 12.1 Å². The Morgan fingerprint density at radius 3 is 2.50 bits per heavy atom. The maximum Gasteiger partial charge on any atom is 0.303 e. The second-order valence-corrected chi connectivity index (χ2v) is 12.6. The fraction of sp³-hybridized carbons (Fsp3) is 0.458. The van der Waals surface area contributed by atoms with E-state index < -0.39 is 36.1 Å². The Balaban J connectivity index is 1.74. The van der Waals surface area contributed by atoms with Gasteiger partial charge in [0.25, 0.3) is 0 Å². The molecule has 3 heterocycles. The fourth-order valence-corrected chi connectivity index (χ4v) is 7.13. The number of halogens is 3. The quantitative estimate of drug-likeness (QED) is 0.455. The van der Waals surface area contributed by atoms with Gasteiger partial charge < -0.3 is 15.0 Å². The van der Waals surface area contributed by atoms with Crippen LogP contribution in [0, 0.1) is 12.7 Å². The predicted molar refractivity (Wildman–Crippen MR) is 127 cm³/mol. The van der Waals surface area contributed by atoms with E-state index in [2.05, 4.69) is 20.3 Å². The molecule has 0 saturated carbocycles. The lowest BCUT2D eigenvalue weighted by Crippen LogP contribution is -2.41. The molecule has 6 nitrogen and oxygen atoms in total. The van der Waals surface area contributed by atoms with Crippen LogP contribution in [0.5, 0.6) is 0 Å². The highest BCUT2D eigenvalue weighted by Gasteiger charge is 2.49. The summed E-state index contributed by atoms with van der Waals surface area (Å²) in [6, 6.07) is 4.75. The summed E-state index contributed by atoms with van der Waals surface area (Å²) in [6.45, 7) is 5.20. The van der Waals surface area contributed by atoms with Crippen molar-refractivity contribution in [1.82, 2.24) is 15.0 Å². The van der Waals surface area contributed by atoms with E-state index in [1.807, 2.05) is 0 Å². The van der Waals surface area contributed by atoms with Gasteiger partial charge in [0.1, 0.15) is 30.2 Å². The van der Waals surface area contributed by atoms with Crippen LogP contribution < -0.4 is 10.6 Å². The van der Waals surface area contributed by atoms with Gasteiger partial charge in [-0.3, -0.25) is 0 Å². The summed E-state index contributed by atoms with van der Waals surface area (Å²) >= 11 is 0. The maximum atomic E-state index is 15.3. The highest BCUT2D eigenvalue weighted by Crippen LogP contribution is 2.51. The van der Waals surface area contributed by atoms with Gasteiger partial charge in [0.05, 0.1) is 17.0 Å². The van der Waals surface area contributed by atoms with Gasteiger partial charge in [0.2, 0.25) is 0 Å². The molecule has 182 valence electrons. The van der Waals surface area contributed by atoms with Gasteiger partial charge in [0.15, 0.2) is 5.65 Å². The first-order valence-electron chi connectivity index (χ1n) is 11.2. The van der Waals surface area contributed by atoms with Gasteiger partial charge in [-0.2, -0.15) is 8.78 Å². The van der Waals surface area contributed by atoms with Crippen molar-refractivity contribution in [3.63, 3.8) is 0 Å². The molecule has 2 N–H and O–H groups in total. The van der Waals surface area contributed by atoms with E-state index >= 15 is 4.39 Å². The normalized spacial score (nSPS) is 17.2. The van der Waals surface area contributed by atoms with Crippen LogP contribution in [-0.4, -0.2) is 38.0 Å². The Labute approximate surface area is 196 Å². The summed E-state index contributed by atoms with van der Waals surface area (Å²) in [5.41, 5.74) is -2.92. The predicted octanol–water partition coefficient (Wildman–Crippen LogP) is 5.29. The van der Waals surface area contributed by atoms with Gasteiger partial charge in [-0.05, 0) is 52.7 Å². The zero-order valence-electron chi connectivity index (χ0n) is 19.6. The number of aliphatic hydroxyl groups is 1. The Bertz CT molecular complexity index is 1280. The van der Waals surface area contributed by atoms with E-state index in [0.717, 1.165) is 32.8 Å². The third-order valence-electron chi connectivity index (χ3n) is 6.36. The summed E-state index contributed by atoms with van der Waals surface area (Å²) in [5, 5.41) is 14.2. The summed E-state index contributed by atoms with van der Waals surface area (Å²) < 4.78 is 58.0. The maximum absolute atomic E-state index is 15.3. The van der Waals surface area contributed by atoms with E-state index in [1.54, 1.807) is 26.1 Å². The first-order valence-corrected chi connectivity index (χ1v) is 13.3. The van der Waals surface area contributed by atoms with Gasteiger partial charge >= 0.3 is 5.92 Å². The molecule has 10 heteroatoms. The van der Waals surface area contributed by atoms with E-state index in [9.17, 15) is 18.5 Å². The molecule has 1 atom stereocenters. The Hall–Kier alpha value is -2.51. The molecule has 3 aromatic rings.